The first-order valence-electron chi connectivity index (χ1n) is 8.81. The number of nitrogens with zero attached hydrogens (tertiary/aromatic N) is 1. The topological polar surface area (TPSA) is 85.2 Å². The standard InChI is InChI=1S/C19H21NO5S2/c1-24-19(6-8-25-9-7-19)14-11-18(26-12-14)27(22,23)15-3-4-16-13(10-15)2-5-17(16)20-21/h3-4,10-12,21H,2,5-9H2,1H3. The largest absolute Gasteiger partial charge is 0.411 e. The molecule has 0 spiro atoms. The van der Waals surface area contributed by atoms with Crippen LogP contribution in [0.2, 0.25) is 0 Å². The lowest BCUT2D eigenvalue weighted by atomic mass is 9.88. The number of aryl methyl sites for hydroxylation is 1. The molecule has 0 atom stereocenters. The number of benzene rings is 1. The molecular weight excluding hydrogens is 386 g/mol. The van der Waals surface area contributed by atoms with Crippen LogP contribution in [0.3, 0.4) is 0 Å². The SMILES string of the molecule is COC1(c2csc(S(=O)(=O)c3ccc4c(c3)CCC4=NO)c2)CCOCC1. The number of fused-ring (bicyclic) bond motifs is 1. The van der Waals surface area contributed by atoms with Crippen LogP contribution in [0.5, 0.6) is 0 Å². The van der Waals surface area contributed by atoms with Crippen molar-refractivity contribution in [1.82, 2.24) is 0 Å². The highest BCUT2D eigenvalue weighted by atomic mass is 32.2. The summed E-state index contributed by atoms with van der Waals surface area (Å²) in [6.07, 6.45) is 2.72. The van der Waals surface area contributed by atoms with Gasteiger partial charge in [-0.15, -0.1) is 11.3 Å². The van der Waals surface area contributed by atoms with Crippen LogP contribution < -0.4 is 0 Å². The van der Waals surface area contributed by atoms with Gasteiger partial charge in [-0.05, 0) is 47.5 Å². The van der Waals surface area contributed by atoms with Crippen LogP contribution in [0.15, 0.2) is 43.9 Å². The van der Waals surface area contributed by atoms with Crippen LogP contribution in [0.4, 0.5) is 0 Å². The summed E-state index contributed by atoms with van der Waals surface area (Å²) >= 11 is 1.22. The molecule has 0 saturated carbocycles. The van der Waals surface area contributed by atoms with Gasteiger partial charge in [-0.1, -0.05) is 11.2 Å². The van der Waals surface area contributed by atoms with E-state index in [1.54, 1.807) is 31.4 Å². The molecule has 0 bridgehead atoms. The predicted octanol–water partition coefficient (Wildman–Crippen LogP) is 3.36. The van der Waals surface area contributed by atoms with Crippen molar-refractivity contribution < 1.29 is 23.1 Å². The lowest BCUT2D eigenvalue weighted by Crippen LogP contribution is -2.35. The molecule has 1 saturated heterocycles. The molecule has 0 amide bonds. The fourth-order valence-corrected chi connectivity index (χ4v) is 6.56. The van der Waals surface area contributed by atoms with E-state index < -0.39 is 15.4 Å². The summed E-state index contributed by atoms with van der Waals surface area (Å²) in [6, 6.07) is 6.75. The number of hydrogen-bond donors (Lipinski definition) is 1. The van der Waals surface area contributed by atoms with Crippen molar-refractivity contribution in [3.8, 4) is 0 Å². The van der Waals surface area contributed by atoms with Gasteiger partial charge in [0.25, 0.3) is 0 Å². The van der Waals surface area contributed by atoms with Gasteiger partial charge in [-0.3, -0.25) is 0 Å². The molecule has 1 aliphatic heterocycles. The minimum atomic E-state index is -3.61. The lowest BCUT2D eigenvalue weighted by Gasteiger charge is -2.35. The Kier molecular flexibility index (Phi) is 4.84. The predicted molar refractivity (Wildman–Crippen MR) is 102 cm³/mol. The highest BCUT2D eigenvalue weighted by Gasteiger charge is 2.36. The second-order valence-electron chi connectivity index (χ2n) is 6.83. The summed E-state index contributed by atoms with van der Waals surface area (Å²) < 4.78 is 37.8. The first-order chi connectivity index (χ1) is 13.0. The van der Waals surface area contributed by atoms with E-state index in [9.17, 15) is 8.42 Å². The monoisotopic (exact) mass is 407 g/mol. The molecule has 2 aliphatic rings. The maximum Gasteiger partial charge on any atom is 0.215 e. The zero-order valence-corrected chi connectivity index (χ0v) is 16.6. The average Bonchev–Trinajstić information content (AvgIpc) is 3.35. The highest BCUT2D eigenvalue weighted by Crippen LogP contribution is 2.40. The van der Waals surface area contributed by atoms with Gasteiger partial charge in [-0.25, -0.2) is 8.42 Å². The number of hydrogen-bond acceptors (Lipinski definition) is 7. The van der Waals surface area contributed by atoms with Gasteiger partial charge in [0.2, 0.25) is 9.84 Å². The Morgan fingerprint density at radius 1 is 1.22 bits per heavy atom. The number of methoxy groups -OCH3 is 1. The highest BCUT2D eigenvalue weighted by molar-refractivity contribution is 7.93. The Balaban J connectivity index is 1.69. The Morgan fingerprint density at radius 3 is 2.70 bits per heavy atom. The second-order valence-corrected chi connectivity index (χ2v) is 9.92. The first kappa shape index (κ1) is 18.6. The van der Waals surface area contributed by atoms with Crippen molar-refractivity contribution in [2.24, 2.45) is 5.16 Å². The summed E-state index contributed by atoms with van der Waals surface area (Å²) in [4.78, 5) is 0.271. The number of thiophene rings is 1. The van der Waals surface area contributed by atoms with Crippen molar-refractivity contribution >= 4 is 26.9 Å². The Morgan fingerprint density at radius 2 is 2.00 bits per heavy atom. The van der Waals surface area contributed by atoms with Crippen molar-refractivity contribution in [1.29, 1.82) is 0 Å². The van der Waals surface area contributed by atoms with Crippen LogP contribution >= 0.6 is 11.3 Å². The van der Waals surface area contributed by atoms with E-state index in [-0.39, 0.29) is 4.90 Å². The minimum absolute atomic E-state index is 0.271. The third-order valence-electron chi connectivity index (χ3n) is 5.51. The van der Waals surface area contributed by atoms with Crippen LogP contribution in [0, 0.1) is 0 Å². The van der Waals surface area contributed by atoms with Crippen LogP contribution in [-0.4, -0.2) is 39.7 Å². The molecule has 4 rings (SSSR count). The molecule has 27 heavy (non-hydrogen) atoms. The van der Waals surface area contributed by atoms with E-state index in [1.165, 1.54) is 11.3 Å². The minimum Gasteiger partial charge on any atom is -0.411 e. The zero-order chi connectivity index (χ0) is 19.1. The summed E-state index contributed by atoms with van der Waals surface area (Å²) in [5.74, 6) is 0. The van der Waals surface area contributed by atoms with E-state index >= 15 is 0 Å². The van der Waals surface area contributed by atoms with Crippen molar-refractivity contribution in [2.45, 2.75) is 40.4 Å². The number of sulfone groups is 1. The molecule has 8 heteroatoms. The molecule has 1 N–H and O–H groups in total. The average molecular weight is 408 g/mol. The molecule has 2 heterocycles. The second kappa shape index (κ2) is 7.01. The summed E-state index contributed by atoms with van der Waals surface area (Å²) in [7, 11) is -1.94. The molecule has 0 radical (unpaired) electrons. The molecule has 1 aromatic heterocycles. The molecule has 1 aliphatic carbocycles. The molecule has 1 fully saturated rings. The first-order valence-corrected chi connectivity index (χ1v) is 11.2. The number of rotatable bonds is 4. The Labute approximate surface area is 162 Å². The molecule has 1 aromatic carbocycles. The number of oxime groups is 1. The third kappa shape index (κ3) is 3.10. The molecule has 6 nitrogen and oxygen atoms in total. The van der Waals surface area contributed by atoms with Crippen LogP contribution in [0.1, 0.15) is 36.0 Å². The van der Waals surface area contributed by atoms with Crippen LogP contribution in [0.25, 0.3) is 0 Å². The van der Waals surface area contributed by atoms with Crippen molar-refractivity contribution in [3.05, 3.63) is 46.3 Å². The van der Waals surface area contributed by atoms with Gasteiger partial charge in [0.15, 0.2) is 0 Å². The van der Waals surface area contributed by atoms with Gasteiger partial charge in [0, 0.05) is 38.7 Å². The normalized spacial score (nSPS) is 20.7. The quantitative estimate of drug-likeness (QED) is 0.620. The van der Waals surface area contributed by atoms with Gasteiger partial charge >= 0.3 is 0 Å². The smallest absolute Gasteiger partial charge is 0.215 e. The van der Waals surface area contributed by atoms with E-state index in [2.05, 4.69) is 5.16 Å². The van der Waals surface area contributed by atoms with Gasteiger partial charge in [0.1, 0.15) is 4.21 Å². The molecule has 2 aromatic rings. The van der Waals surface area contributed by atoms with E-state index in [0.717, 1.165) is 16.7 Å². The van der Waals surface area contributed by atoms with E-state index in [0.29, 0.717) is 48.8 Å². The third-order valence-corrected chi connectivity index (χ3v) is 8.70. The maximum atomic E-state index is 13.1. The molecular formula is C19H21NO5S2. The van der Waals surface area contributed by atoms with Crippen molar-refractivity contribution in [2.75, 3.05) is 20.3 Å². The molecule has 0 unspecified atom stereocenters. The fraction of sp³-hybridized carbons (Fsp3) is 0.421. The van der Waals surface area contributed by atoms with Gasteiger partial charge < -0.3 is 14.7 Å². The fourth-order valence-electron chi connectivity index (χ4n) is 3.84. The van der Waals surface area contributed by atoms with Gasteiger partial charge in [-0.2, -0.15) is 0 Å². The summed E-state index contributed by atoms with van der Waals surface area (Å²) in [5.41, 5.74) is 2.75. The Bertz CT molecular complexity index is 987. The Hall–Kier alpha value is -1.74. The number of ether oxygens (including phenoxy) is 2. The van der Waals surface area contributed by atoms with E-state index in [1.807, 2.05) is 5.38 Å². The summed E-state index contributed by atoms with van der Waals surface area (Å²) in [5, 5.41) is 14.2. The lowest BCUT2D eigenvalue weighted by molar-refractivity contribution is -0.0946. The maximum absolute atomic E-state index is 13.1. The zero-order valence-electron chi connectivity index (χ0n) is 15.0. The van der Waals surface area contributed by atoms with E-state index in [4.69, 9.17) is 14.7 Å². The molecule has 144 valence electrons. The van der Waals surface area contributed by atoms with Crippen LogP contribution in [-0.2, 0) is 31.3 Å². The van der Waals surface area contributed by atoms with Gasteiger partial charge in [0.05, 0.1) is 16.2 Å². The van der Waals surface area contributed by atoms with Crippen molar-refractivity contribution in [3.63, 3.8) is 0 Å². The summed E-state index contributed by atoms with van der Waals surface area (Å²) in [6.45, 7) is 1.21.